The summed E-state index contributed by atoms with van der Waals surface area (Å²) in [5, 5.41) is 0. The third kappa shape index (κ3) is 4.41. The maximum absolute atomic E-state index is 13.3. The van der Waals surface area contributed by atoms with Crippen LogP contribution in [0.3, 0.4) is 0 Å². The number of nitrogens with zero attached hydrogens (tertiary/aromatic N) is 2. The molecule has 3 heterocycles. The Morgan fingerprint density at radius 3 is 2.39 bits per heavy atom. The van der Waals surface area contributed by atoms with Crippen molar-refractivity contribution >= 4 is 17.9 Å². The molecule has 2 fully saturated rings. The largest absolute Gasteiger partial charge is 0.482 e. The first kappa shape index (κ1) is 22.6. The molecule has 0 saturated carbocycles. The number of hydrogen-bond acceptors (Lipinski definition) is 3. The molecule has 5 nitrogen and oxygen atoms in total. The number of fused-ring (bicyclic) bond motifs is 1. The highest BCUT2D eigenvalue weighted by Crippen LogP contribution is 2.39. The summed E-state index contributed by atoms with van der Waals surface area (Å²) < 4.78 is 6.52. The Morgan fingerprint density at radius 1 is 0.917 bits per heavy atom. The minimum atomic E-state index is -0.372. The number of benzene rings is 3. The number of piperidine rings is 1. The Morgan fingerprint density at radius 2 is 1.64 bits per heavy atom. The molecule has 1 spiro atoms. The predicted molar refractivity (Wildman–Crippen MR) is 140 cm³/mol. The number of hydrogen-bond donors (Lipinski definition) is 0. The molecule has 182 valence electrons. The Kier molecular flexibility index (Phi) is 5.84. The molecule has 5 heteroatoms. The maximum atomic E-state index is 13.3. The fourth-order valence-corrected chi connectivity index (χ4v) is 5.60. The smallest absolute Gasteiger partial charge is 0.227 e. The van der Waals surface area contributed by atoms with Gasteiger partial charge in [0, 0.05) is 51.0 Å². The van der Waals surface area contributed by atoms with Gasteiger partial charge in [-0.3, -0.25) is 9.59 Å². The molecule has 0 aliphatic carbocycles. The van der Waals surface area contributed by atoms with Crippen molar-refractivity contribution in [2.75, 3.05) is 19.6 Å². The first-order valence-corrected chi connectivity index (χ1v) is 12.8. The van der Waals surface area contributed by atoms with Gasteiger partial charge in [-0.05, 0) is 34.9 Å². The lowest BCUT2D eigenvalue weighted by atomic mass is 9.87. The molecular weight excluding hydrogens is 448 g/mol. The number of amides is 2. The molecular formula is C31H30N2O3. The predicted octanol–water partition coefficient (Wildman–Crippen LogP) is 5.17. The van der Waals surface area contributed by atoms with E-state index in [1.165, 1.54) is 11.1 Å². The van der Waals surface area contributed by atoms with Crippen molar-refractivity contribution in [1.29, 1.82) is 0 Å². The van der Waals surface area contributed by atoms with Gasteiger partial charge in [0.15, 0.2) is 0 Å². The molecule has 3 aliphatic heterocycles. The van der Waals surface area contributed by atoms with E-state index < -0.39 is 0 Å². The molecule has 1 atom stereocenters. The summed E-state index contributed by atoms with van der Waals surface area (Å²) in [6.45, 7) is 2.35. The molecule has 1 unspecified atom stereocenters. The van der Waals surface area contributed by atoms with Crippen LogP contribution < -0.4 is 4.74 Å². The lowest BCUT2D eigenvalue weighted by Gasteiger charge is -2.42. The highest BCUT2D eigenvalue weighted by Gasteiger charge is 2.41. The monoisotopic (exact) mass is 478 g/mol. The topological polar surface area (TPSA) is 49.9 Å². The number of rotatable bonds is 4. The molecule has 0 aromatic heterocycles. The lowest BCUT2D eigenvalue weighted by Crippen LogP contribution is -2.50. The van der Waals surface area contributed by atoms with Crippen LogP contribution in [0, 0.1) is 5.92 Å². The van der Waals surface area contributed by atoms with Crippen LogP contribution >= 0.6 is 0 Å². The summed E-state index contributed by atoms with van der Waals surface area (Å²) in [5.41, 5.74) is 4.17. The van der Waals surface area contributed by atoms with Crippen molar-refractivity contribution < 1.29 is 14.3 Å². The van der Waals surface area contributed by atoms with Crippen molar-refractivity contribution in [3.8, 4) is 16.9 Å². The van der Waals surface area contributed by atoms with Gasteiger partial charge in [0.05, 0.1) is 5.92 Å². The number of carbonyl (C=O) groups is 2. The second kappa shape index (κ2) is 9.30. The van der Waals surface area contributed by atoms with E-state index in [4.69, 9.17) is 4.74 Å². The Bertz CT molecular complexity index is 1290. The van der Waals surface area contributed by atoms with Crippen LogP contribution in [-0.4, -0.2) is 46.8 Å². The van der Waals surface area contributed by atoms with Crippen LogP contribution in [0.2, 0.25) is 0 Å². The SMILES string of the molecule is O=C1CC(C(=O)N2CCC3(C=Cc4cc(-c5ccccc5)ccc4O3)CC2)CN1Cc1ccccc1. The summed E-state index contributed by atoms with van der Waals surface area (Å²) >= 11 is 0. The molecule has 0 N–H and O–H groups in total. The van der Waals surface area contributed by atoms with E-state index in [9.17, 15) is 9.59 Å². The fraction of sp³-hybridized carbons (Fsp3) is 0.290. The van der Waals surface area contributed by atoms with Crippen LogP contribution in [0.1, 0.15) is 30.4 Å². The summed E-state index contributed by atoms with van der Waals surface area (Å²) in [6, 6.07) is 26.7. The van der Waals surface area contributed by atoms with Gasteiger partial charge in [-0.25, -0.2) is 0 Å². The third-order valence-corrected chi connectivity index (χ3v) is 7.70. The van der Waals surface area contributed by atoms with Crippen LogP contribution in [0.15, 0.2) is 84.9 Å². The zero-order chi connectivity index (χ0) is 24.5. The number of ether oxygens (including phenoxy) is 1. The van der Waals surface area contributed by atoms with Gasteiger partial charge >= 0.3 is 0 Å². The fourth-order valence-electron chi connectivity index (χ4n) is 5.60. The summed E-state index contributed by atoms with van der Waals surface area (Å²) in [7, 11) is 0. The van der Waals surface area contributed by atoms with Gasteiger partial charge in [0.2, 0.25) is 11.8 Å². The van der Waals surface area contributed by atoms with Gasteiger partial charge in [-0.2, -0.15) is 0 Å². The van der Waals surface area contributed by atoms with E-state index in [1.54, 1.807) is 0 Å². The second-order valence-corrected chi connectivity index (χ2v) is 10.1. The summed E-state index contributed by atoms with van der Waals surface area (Å²) in [6.07, 6.45) is 6.15. The highest BCUT2D eigenvalue weighted by atomic mass is 16.5. The van der Waals surface area contributed by atoms with Crippen molar-refractivity contribution in [1.82, 2.24) is 9.80 Å². The average molecular weight is 479 g/mol. The molecule has 3 aliphatic rings. The van der Waals surface area contributed by atoms with Crippen LogP contribution in [0.5, 0.6) is 5.75 Å². The van der Waals surface area contributed by atoms with E-state index in [0.717, 1.165) is 29.7 Å². The number of likely N-dealkylation sites (tertiary alicyclic amines) is 2. The average Bonchev–Trinajstić information content (AvgIpc) is 3.29. The number of carbonyl (C=O) groups excluding carboxylic acids is 2. The minimum Gasteiger partial charge on any atom is -0.482 e. The van der Waals surface area contributed by atoms with Crippen LogP contribution in [-0.2, 0) is 16.1 Å². The molecule has 3 aromatic carbocycles. The zero-order valence-corrected chi connectivity index (χ0v) is 20.3. The van der Waals surface area contributed by atoms with E-state index in [1.807, 2.05) is 58.3 Å². The maximum Gasteiger partial charge on any atom is 0.227 e. The summed E-state index contributed by atoms with van der Waals surface area (Å²) in [5.74, 6) is 0.808. The van der Waals surface area contributed by atoms with E-state index in [2.05, 4.69) is 42.5 Å². The van der Waals surface area contributed by atoms with Gasteiger partial charge in [-0.1, -0.05) is 72.8 Å². The molecule has 2 amide bonds. The Balaban J connectivity index is 1.07. The lowest BCUT2D eigenvalue weighted by molar-refractivity contribution is -0.138. The minimum absolute atomic E-state index is 0.0655. The van der Waals surface area contributed by atoms with Crippen LogP contribution in [0.25, 0.3) is 17.2 Å². The normalized spacial score (nSPS) is 20.3. The van der Waals surface area contributed by atoms with Crippen molar-refractivity contribution in [3.63, 3.8) is 0 Å². The molecule has 0 radical (unpaired) electrons. The molecule has 0 bridgehead atoms. The summed E-state index contributed by atoms with van der Waals surface area (Å²) in [4.78, 5) is 29.6. The van der Waals surface area contributed by atoms with Gasteiger partial charge < -0.3 is 14.5 Å². The molecule has 36 heavy (non-hydrogen) atoms. The van der Waals surface area contributed by atoms with Gasteiger partial charge in [0.1, 0.15) is 11.4 Å². The van der Waals surface area contributed by atoms with Gasteiger partial charge in [-0.15, -0.1) is 0 Å². The van der Waals surface area contributed by atoms with Crippen LogP contribution in [0.4, 0.5) is 0 Å². The third-order valence-electron chi connectivity index (χ3n) is 7.70. The second-order valence-electron chi connectivity index (χ2n) is 10.1. The van der Waals surface area contributed by atoms with Crippen molar-refractivity contribution in [2.24, 2.45) is 5.92 Å². The highest BCUT2D eigenvalue weighted by molar-refractivity contribution is 5.89. The van der Waals surface area contributed by atoms with E-state index in [0.29, 0.717) is 32.6 Å². The molecule has 2 saturated heterocycles. The standard InChI is InChI=1S/C31H30N2O3/c34-29-20-27(22-33(29)21-23-7-3-1-4-8-23)30(35)32-17-15-31(16-18-32)14-13-26-19-25(11-12-28(26)36-31)24-9-5-2-6-10-24/h1-14,19,27H,15-18,20-22H2. The first-order chi connectivity index (χ1) is 17.6. The van der Waals surface area contributed by atoms with Crippen molar-refractivity contribution in [3.05, 3.63) is 96.1 Å². The Labute approximate surface area is 212 Å². The van der Waals surface area contributed by atoms with Crippen molar-refractivity contribution in [2.45, 2.75) is 31.4 Å². The van der Waals surface area contributed by atoms with E-state index >= 15 is 0 Å². The molecule has 6 rings (SSSR count). The van der Waals surface area contributed by atoms with E-state index in [-0.39, 0.29) is 23.3 Å². The van der Waals surface area contributed by atoms with Gasteiger partial charge in [0.25, 0.3) is 0 Å². The first-order valence-electron chi connectivity index (χ1n) is 12.8. The quantitative estimate of drug-likeness (QED) is 0.520. The zero-order valence-electron chi connectivity index (χ0n) is 20.3. The Hall–Kier alpha value is -3.86. The molecule has 3 aromatic rings.